The minimum Gasteiger partial charge on any atom is -0.364 e. The second-order valence-electron chi connectivity index (χ2n) is 4.60. The summed E-state index contributed by atoms with van der Waals surface area (Å²) in [5, 5.41) is 0. The van der Waals surface area contributed by atoms with E-state index in [0.717, 1.165) is 6.54 Å². The first-order valence-electron chi connectivity index (χ1n) is 6.05. The van der Waals surface area contributed by atoms with Gasteiger partial charge in [0.15, 0.2) is 0 Å². The Morgan fingerprint density at radius 1 is 1.38 bits per heavy atom. The molecule has 1 aliphatic carbocycles. The van der Waals surface area contributed by atoms with Crippen LogP contribution in [-0.4, -0.2) is 12.6 Å². The second-order valence-corrected chi connectivity index (χ2v) is 4.60. The van der Waals surface area contributed by atoms with Gasteiger partial charge in [-0.3, -0.25) is 0 Å². The summed E-state index contributed by atoms with van der Waals surface area (Å²) in [6, 6.07) is 9.45. The minimum atomic E-state index is 0.602. The summed E-state index contributed by atoms with van der Waals surface area (Å²) in [4.78, 5) is 2.51. The summed E-state index contributed by atoms with van der Waals surface area (Å²) in [6.45, 7) is 4.84. The molecule has 2 unspecified atom stereocenters. The van der Waals surface area contributed by atoms with Crippen LogP contribution in [-0.2, 0) is 0 Å². The quantitative estimate of drug-likeness (QED) is 0.677. The van der Waals surface area contributed by atoms with Crippen molar-refractivity contribution in [3.63, 3.8) is 0 Å². The van der Waals surface area contributed by atoms with Crippen molar-refractivity contribution < 1.29 is 0 Å². The summed E-state index contributed by atoms with van der Waals surface area (Å²) in [5.74, 6) is 0.602. The van der Waals surface area contributed by atoms with E-state index in [0.29, 0.717) is 12.0 Å². The third-order valence-electron chi connectivity index (χ3n) is 3.72. The van der Waals surface area contributed by atoms with Crippen molar-refractivity contribution in [2.45, 2.75) is 24.8 Å². The van der Waals surface area contributed by atoms with Crippen molar-refractivity contribution in [2.75, 3.05) is 11.4 Å². The zero-order valence-electron chi connectivity index (χ0n) is 9.47. The Morgan fingerprint density at radius 2 is 2.25 bits per heavy atom. The number of hydrogen-bond donors (Lipinski definition) is 0. The molecule has 3 rings (SSSR count). The zero-order valence-corrected chi connectivity index (χ0v) is 9.47. The van der Waals surface area contributed by atoms with Gasteiger partial charge in [0.05, 0.1) is 0 Å². The Labute approximate surface area is 97.1 Å². The first kappa shape index (κ1) is 9.71. The van der Waals surface area contributed by atoms with E-state index in [9.17, 15) is 0 Å². The lowest BCUT2D eigenvalue weighted by Crippen LogP contribution is -2.34. The number of fused-ring (bicyclic) bond motifs is 3. The number of nitrogens with zero attached hydrogens (tertiary/aromatic N) is 1. The van der Waals surface area contributed by atoms with Crippen LogP contribution in [0.1, 0.15) is 24.3 Å². The largest absolute Gasteiger partial charge is 0.364 e. The summed E-state index contributed by atoms with van der Waals surface area (Å²) < 4.78 is 0. The highest BCUT2D eigenvalue weighted by Crippen LogP contribution is 2.44. The first-order valence-corrected chi connectivity index (χ1v) is 6.05. The number of hydrogen-bond acceptors (Lipinski definition) is 1. The molecule has 1 aromatic rings. The molecule has 0 N–H and O–H groups in total. The Kier molecular flexibility index (Phi) is 2.32. The predicted octanol–water partition coefficient (Wildman–Crippen LogP) is 3.49. The van der Waals surface area contributed by atoms with Crippen LogP contribution in [0.5, 0.6) is 0 Å². The lowest BCUT2D eigenvalue weighted by atomic mass is 9.88. The minimum absolute atomic E-state index is 0.602. The van der Waals surface area contributed by atoms with Gasteiger partial charge in [-0.25, -0.2) is 0 Å². The molecular formula is C15H17N. The van der Waals surface area contributed by atoms with E-state index in [2.05, 4.69) is 47.9 Å². The van der Waals surface area contributed by atoms with Crippen LogP contribution in [0.4, 0.5) is 5.69 Å². The smallest absolute Gasteiger partial charge is 0.0411 e. The summed E-state index contributed by atoms with van der Waals surface area (Å²) in [7, 11) is 0. The molecule has 0 saturated heterocycles. The molecule has 0 amide bonds. The Balaban J connectivity index is 2.07. The average Bonchev–Trinajstić information content (AvgIpc) is 2.66. The van der Waals surface area contributed by atoms with Crippen LogP contribution in [0.15, 0.2) is 49.1 Å². The van der Waals surface area contributed by atoms with E-state index in [4.69, 9.17) is 0 Å². The van der Waals surface area contributed by atoms with Gasteiger partial charge in [-0.2, -0.15) is 0 Å². The van der Waals surface area contributed by atoms with Crippen LogP contribution in [0.25, 0.3) is 0 Å². The van der Waals surface area contributed by atoms with E-state index in [-0.39, 0.29) is 0 Å². The molecule has 1 heteroatoms. The molecule has 1 heterocycles. The highest BCUT2D eigenvalue weighted by Gasteiger charge is 2.36. The summed E-state index contributed by atoms with van der Waals surface area (Å²) in [5.41, 5.74) is 2.90. The topological polar surface area (TPSA) is 3.24 Å². The maximum Gasteiger partial charge on any atom is 0.0411 e. The number of rotatable bonds is 2. The lowest BCUT2D eigenvalue weighted by molar-refractivity contribution is 0.541. The maximum atomic E-state index is 3.88. The van der Waals surface area contributed by atoms with E-state index in [1.54, 1.807) is 0 Å². The summed E-state index contributed by atoms with van der Waals surface area (Å²) in [6.07, 6.45) is 9.20. The predicted molar refractivity (Wildman–Crippen MR) is 68.9 cm³/mol. The first-order chi connectivity index (χ1) is 7.92. The Bertz CT molecular complexity index is 433. The molecule has 82 valence electrons. The van der Waals surface area contributed by atoms with Gasteiger partial charge in [-0.1, -0.05) is 36.4 Å². The molecule has 0 bridgehead atoms. The Hall–Kier alpha value is -1.50. The molecule has 0 aromatic heterocycles. The van der Waals surface area contributed by atoms with Crippen LogP contribution < -0.4 is 4.90 Å². The molecule has 1 aromatic carbocycles. The van der Waals surface area contributed by atoms with Gasteiger partial charge < -0.3 is 4.90 Å². The van der Waals surface area contributed by atoms with Crippen molar-refractivity contribution in [3.8, 4) is 0 Å². The molecule has 1 aliphatic heterocycles. The normalized spacial score (nSPS) is 26.4. The maximum absolute atomic E-state index is 3.88. The standard InChI is InChI=1S/C15H17N/c1-2-11-16-14-9-5-3-7-12(14)13-8-4-6-10-15(13)16/h2-5,7-9,13,15H,1,6,10-11H2. The van der Waals surface area contributed by atoms with E-state index in [1.807, 2.05) is 6.08 Å². The molecule has 1 nitrogen and oxygen atoms in total. The van der Waals surface area contributed by atoms with Crippen LogP contribution in [0, 0.1) is 0 Å². The third-order valence-corrected chi connectivity index (χ3v) is 3.72. The molecule has 0 radical (unpaired) electrons. The molecular weight excluding hydrogens is 194 g/mol. The fourth-order valence-corrected chi connectivity index (χ4v) is 3.06. The zero-order chi connectivity index (χ0) is 11.0. The highest BCUT2D eigenvalue weighted by molar-refractivity contribution is 5.64. The third kappa shape index (κ3) is 1.31. The second kappa shape index (κ2) is 3.82. The fraction of sp³-hybridized carbons (Fsp3) is 0.333. The number of anilines is 1. The van der Waals surface area contributed by atoms with Gasteiger partial charge in [0, 0.05) is 24.2 Å². The van der Waals surface area contributed by atoms with Crippen molar-refractivity contribution in [1.82, 2.24) is 0 Å². The van der Waals surface area contributed by atoms with Gasteiger partial charge in [0.25, 0.3) is 0 Å². The molecule has 0 saturated carbocycles. The van der Waals surface area contributed by atoms with E-state index < -0.39 is 0 Å². The van der Waals surface area contributed by atoms with Gasteiger partial charge >= 0.3 is 0 Å². The fourth-order valence-electron chi connectivity index (χ4n) is 3.06. The molecule has 0 fully saturated rings. The molecule has 2 atom stereocenters. The van der Waals surface area contributed by atoms with Crippen molar-refractivity contribution >= 4 is 5.69 Å². The average molecular weight is 211 g/mol. The number of benzene rings is 1. The van der Waals surface area contributed by atoms with Gasteiger partial charge in [0.1, 0.15) is 0 Å². The Morgan fingerprint density at radius 3 is 3.12 bits per heavy atom. The van der Waals surface area contributed by atoms with Gasteiger partial charge in [0.2, 0.25) is 0 Å². The van der Waals surface area contributed by atoms with Crippen molar-refractivity contribution in [2.24, 2.45) is 0 Å². The summed E-state index contributed by atoms with van der Waals surface area (Å²) >= 11 is 0. The van der Waals surface area contributed by atoms with Crippen LogP contribution >= 0.6 is 0 Å². The number of para-hydroxylation sites is 1. The number of allylic oxidation sites excluding steroid dienone is 1. The van der Waals surface area contributed by atoms with Crippen molar-refractivity contribution in [1.29, 1.82) is 0 Å². The van der Waals surface area contributed by atoms with Crippen LogP contribution in [0.2, 0.25) is 0 Å². The monoisotopic (exact) mass is 211 g/mol. The van der Waals surface area contributed by atoms with Crippen LogP contribution in [0.3, 0.4) is 0 Å². The highest BCUT2D eigenvalue weighted by atomic mass is 15.2. The molecule has 0 spiro atoms. The molecule has 2 aliphatic rings. The lowest BCUT2D eigenvalue weighted by Gasteiger charge is -2.30. The SMILES string of the molecule is C=CCN1c2ccccc2C2C=CCCC21. The van der Waals surface area contributed by atoms with Gasteiger partial charge in [-0.05, 0) is 24.5 Å². The van der Waals surface area contributed by atoms with E-state index >= 15 is 0 Å². The van der Waals surface area contributed by atoms with E-state index in [1.165, 1.54) is 24.1 Å². The van der Waals surface area contributed by atoms with Crippen molar-refractivity contribution in [3.05, 3.63) is 54.6 Å². The molecule has 16 heavy (non-hydrogen) atoms. The van der Waals surface area contributed by atoms with Gasteiger partial charge in [-0.15, -0.1) is 6.58 Å².